The summed E-state index contributed by atoms with van der Waals surface area (Å²) < 4.78 is 1.01. The number of hydrogen-bond acceptors (Lipinski definition) is 3. The fourth-order valence-electron chi connectivity index (χ4n) is 3.40. The standard InChI is InChI=1S/C22H12BrNOS/c23-14-9-7-13(8-10-14)17-12-18(19-6-3-11-26-19)24-21-15-4-1-2-5-16(15)22(25)20(17)21/h1-12H. The van der Waals surface area contributed by atoms with E-state index in [1.54, 1.807) is 11.3 Å². The van der Waals surface area contributed by atoms with Gasteiger partial charge in [0.15, 0.2) is 5.78 Å². The third-order valence-electron chi connectivity index (χ3n) is 4.60. The smallest absolute Gasteiger partial charge is 0.196 e. The average molecular weight is 418 g/mol. The molecule has 1 aliphatic rings. The highest BCUT2D eigenvalue weighted by atomic mass is 79.9. The maximum atomic E-state index is 13.1. The first kappa shape index (κ1) is 15.7. The zero-order chi connectivity index (χ0) is 17.7. The molecule has 26 heavy (non-hydrogen) atoms. The van der Waals surface area contributed by atoms with Crippen molar-refractivity contribution in [2.24, 2.45) is 0 Å². The van der Waals surface area contributed by atoms with Gasteiger partial charge in [0, 0.05) is 15.6 Å². The van der Waals surface area contributed by atoms with E-state index in [0.29, 0.717) is 5.56 Å². The van der Waals surface area contributed by atoms with Gasteiger partial charge in [-0.15, -0.1) is 11.3 Å². The van der Waals surface area contributed by atoms with E-state index >= 15 is 0 Å². The molecule has 0 fully saturated rings. The molecule has 2 heterocycles. The van der Waals surface area contributed by atoms with Crippen LogP contribution in [-0.4, -0.2) is 10.8 Å². The van der Waals surface area contributed by atoms with Crippen molar-refractivity contribution in [3.63, 3.8) is 0 Å². The monoisotopic (exact) mass is 417 g/mol. The predicted molar refractivity (Wildman–Crippen MR) is 110 cm³/mol. The van der Waals surface area contributed by atoms with Crippen molar-refractivity contribution >= 4 is 33.0 Å². The Kier molecular flexibility index (Phi) is 3.62. The second kappa shape index (κ2) is 6.01. The summed E-state index contributed by atoms with van der Waals surface area (Å²) in [7, 11) is 0. The molecule has 124 valence electrons. The van der Waals surface area contributed by atoms with E-state index in [1.165, 1.54) is 0 Å². The zero-order valence-corrected chi connectivity index (χ0v) is 16.0. The van der Waals surface area contributed by atoms with E-state index in [2.05, 4.69) is 22.0 Å². The van der Waals surface area contributed by atoms with Gasteiger partial charge in [-0.3, -0.25) is 4.79 Å². The Morgan fingerprint density at radius 3 is 2.35 bits per heavy atom. The van der Waals surface area contributed by atoms with Crippen LogP contribution in [-0.2, 0) is 0 Å². The molecular weight excluding hydrogens is 406 g/mol. The van der Waals surface area contributed by atoms with Crippen LogP contribution in [0.15, 0.2) is 76.6 Å². The third kappa shape index (κ3) is 2.37. The van der Waals surface area contributed by atoms with E-state index in [9.17, 15) is 4.79 Å². The van der Waals surface area contributed by atoms with Crippen LogP contribution in [0.4, 0.5) is 0 Å². The Morgan fingerprint density at radius 2 is 1.62 bits per heavy atom. The highest BCUT2D eigenvalue weighted by Gasteiger charge is 2.31. The number of hydrogen-bond donors (Lipinski definition) is 0. The number of carbonyl (C=O) groups is 1. The van der Waals surface area contributed by atoms with Crippen LogP contribution >= 0.6 is 27.3 Å². The molecular formula is C22H12BrNOS. The van der Waals surface area contributed by atoms with Gasteiger partial charge in [-0.25, -0.2) is 4.98 Å². The van der Waals surface area contributed by atoms with Crippen LogP contribution in [0, 0.1) is 0 Å². The molecule has 2 aromatic carbocycles. The Morgan fingerprint density at radius 1 is 0.846 bits per heavy atom. The van der Waals surface area contributed by atoms with Gasteiger partial charge in [-0.2, -0.15) is 0 Å². The van der Waals surface area contributed by atoms with Crippen LogP contribution in [0.1, 0.15) is 15.9 Å². The van der Waals surface area contributed by atoms with Crippen LogP contribution in [0.3, 0.4) is 0 Å². The highest BCUT2D eigenvalue weighted by Crippen LogP contribution is 2.42. The van der Waals surface area contributed by atoms with Gasteiger partial charge in [0.2, 0.25) is 0 Å². The summed E-state index contributed by atoms with van der Waals surface area (Å²) in [6, 6.07) is 21.9. The lowest BCUT2D eigenvalue weighted by atomic mass is 9.97. The molecule has 4 aromatic rings. The number of aromatic nitrogens is 1. The van der Waals surface area contributed by atoms with E-state index in [-0.39, 0.29) is 5.78 Å². The van der Waals surface area contributed by atoms with Gasteiger partial charge in [-0.1, -0.05) is 58.4 Å². The summed E-state index contributed by atoms with van der Waals surface area (Å²) >= 11 is 5.14. The summed E-state index contributed by atoms with van der Waals surface area (Å²) in [6.45, 7) is 0. The van der Waals surface area contributed by atoms with Gasteiger partial charge >= 0.3 is 0 Å². The summed E-state index contributed by atoms with van der Waals surface area (Å²) in [6.07, 6.45) is 0. The van der Waals surface area contributed by atoms with Crippen molar-refractivity contribution in [3.8, 4) is 33.0 Å². The number of carbonyl (C=O) groups excluding carboxylic acids is 1. The molecule has 0 aliphatic heterocycles. The number of rotatable bonds is 2. The third-order valence-corrected chi connectivity index (χ3v) is 6.02. The van der Waals surface area contributed by atoms with Crippen molar-refractivity contribution < 1.29 is 4.79 Å². The molecule has 0 atom stereocenters. The van der Waals surface area contributed by atoms with Crippen LogP contribution in [0.25, 0.3) is 33.0 Å². The summed E-state index contributed by atoms with van der Waals surface area (Å²) in [5, 5.41) is 2.04. The molecule has 2 nitrogen and oxygen atoms in total. The van der Waals surface area contributed by atoms with Crippen molar-refractivity contribution in [2.45, 2.75) is 0 Å². The fraction of sp³-hybridized carbons (Fsp3) is 0. The normalized spacial score (nSPS) is 12.1. The molecule has 0 N–H and O–H groups in total. The molecule has 0 bridgehead atoms. The van der Waals surface area contributed by atoms with Crippen LogP contribution < -0.4 is 0 Å². The quantitative estimate of drug-likeness (QED) is 0.330. The maximum absolute atomic E-state index is 13.1. The van der Waals surface area contributed by atoms with E-state index in [4.69, 9.17) is 4.98 Å². The largest absolute Gasteiger partial charge is 0.288 e. The minimum atomic E-state index is 0.0544. The lowest BCUT2D eigenvalue weighted by molar-refractivity contribution is 0.104. The molecule has 0 unspecified atom stereocenters. The predicted octanol–water partition coefficient (Wildman–Crippen LogP) is 6.45. The average Bonchev–Trinajstić information content (AvgIpc) is 3.30. The summed E-state index contributed by atoms with van der Waals surface area (Å²) in [5.41, 5.74) is 6.00. The molecule has 4 heteroatoms. The minimum absolute atomic E-state index is 0.0544. The fourth-order valence-corrected chi connectivity index (χ4v) is 4.35. The van der Waals surface area contributed by atoms with Gasteiger partial charge in [0.05, 0.1) is 21.8 Å². The topological polar surface area (TPSA) is 30.0 Å². The summed E-state index contributed by atoms with van der Waals surface area (Å²) in [5.74, 6) is 0.0544. The number of pyridine rings is 1. The molecule has 0 amide bonds. The van der Waals surface area contributed by atoms with Gasteiger partial charge in [0.25, 0.3) is 0 Å². The Balaban J connectivity index is 1.84. The van der Waals surface area contributed by atoms with E-state index in [1.807, 2.05) is 66.0 Å². The molecule has 5 rings (SSSR count). The minimum Gasteiger partial charge on any atom is -0.288 e. The second-order valence-corrected chi connectivity index (χ2v) is 8.00. The lowest BCUT2D eigenvalue weighted by Crippen LogP contribution is -2.00. The van der Waals surface area contributed by atoms with Gasteiger partial charge in [0.1, 0.15) is 0 Å². The summed E-state index contributed by atoms with van der Waals surface area (Å²) in [4.78, 5) is 19.1. The zero-order valence-electron chi connectivity index (χ0n) is 13.6. The first-order chi connectivity index (χ1) is 12.7. The number of nitrogens with zero attached hydrogens (tertiary/aromatic N) is 1. The van der Waals surface area contributed by atoms with Crippen molar-refractivity contribution in [2.75, 3.05) is 0 Å². The Labute approximate surface area is 163 Å². The highest BCUT2D eigenvalue weighted by molar-refractivity contribution is 9.10. The Hall–Kier alpha value is -2.56. The number of halogens is 1. The Bertz CT molecular complexity index is 1150. The molecule has 0 spiro atoms. The van der Waals surface area contributed by atoms with Crippen molar-refractivity contribution in [1.82, 2.24) is 4.98 Å². The van der Waals surface area contributed by atoms with E-state index in [0.717, 1.165) is 43.0 Å². The number of thiophene rings is 1. The first-order valence-electron chi connectivity index (χ1n) is 8.21. The van der Waals surface area contributed by atoms with Crippen LogP contribution in [0.5, 0.6) is 0 Å². The van der Waals surface area contributed by atoms with E-state index < -0.39 is 0 Å². The second-order valence-electron chi connectivity index (χ2n) is 6.14. The molecule has 2 aromatic heterocycles. The molecule has 0 saturated carbocycles. The molecule has 0 saturated heterocycles. The van der Waals surface area contributed by atoms with Gasteiger partial charge < -0.3 is 0 Å². The molecule has 1 aliphatic carbocycles. The van der Waals surface area contributed by atoms with Crippen molar-refractivity contribution in [3.05, 3.63) is 87.7 Å². The van der Waals surface area contributed by atoms with Crippen molar-refractivity contribution in [1.29, 1.82) is 0 Å². The SMILES string of the molecule is O=C1c2ccccc2-c2nc(-c3cccs3)cc(-c3ccc(Br)cc3)c21. The van der Waals surface area contributed by atoms with Crippen LogP contribution in [0.2, 0.25) is 0 Å². The van der Waals surface area contributed by atoms with Gasteiger partial charge in [-0.05, 0) is 40.8 Å². The molecule has 0 radical (unpaired) electrons. The number of benzene rings is 2. The number of ketones is 1. The number of fused-ring (bicyclic) bond motifs is 3. The first-order valence-corrected chi connectivity index (χ1v) is 9.88. The maximum Gasteiger partial charge on any atom is 0.196 e. The lowest BCUT2D eigenvalue weighted by Gasteiger charge is -2.11.